The number of anilines is 1. The third-order valence-corrected chi connectivity index (χ3v) is 8.44. The van der Waals surface area contributed by atoms with Crippen molar-refractivity contribution in [3.8, 4) is 5.88 Å². The number of carbonyl (C=O) groups is 2. The average Bonchev–Trinajstić information content (AvgIpc) is 2.91. The van der Waals surface area contributed by atoms with E-state index in [4.69, 9.17) is 4.74 Å². The van der Waals surface area contributed by atoms with Gasteiger partial charge in [-0.3, -0.25) is 4.79 Å². The second kappa shape index (κ2) is 13.0. The lowest BCUT2D eigenvalue weighted by Crippen LogP contribution is -2.53. The molecule has 222 valence electrons. The Morgan fingerprint density at radius 3 is 2.46 bits per heavy atom. The van der Waals surface area contributed by atoms with Gasteiger partial charge < -0.3 is 25.0 Å². The highest BCUT2D eigenvalue weighted by atomic mass is 16.5. The number of ether oxygens (including phenoxy) is 1. The molecule has 1 aliphatic heterocycles. The van der Waals surface area contributed by atoms with Gasteiger partial charge in [0.2, 0.25) is 5.88 Å². The van der Waals surface area contributed by atoms with Crippen LogP contribution in [0.1, 0.15) is 92.5 Å². The molecule has 0 saturated heterocycles. The van der Waals surface area contributed by atoms with E-state index in [9.17, 15) is 14.7 Å². The Morgan fingerprint density at radius 1 is 1.12 bits per heavy atom. The molecule has 1 fully saturated rings. The normalized spacial score (nSPS) is 20.4. The smallest absolute Gasteiger partial charge is 0.407 e. The van der Waals surface area contributed by atoms with Crippen molar-refractivity contribution in [2.24, 2.45) is 0 Å². The van der Waals surface area contributed by atoms with Gasteiger partial charge in [0.15, 0.2) is 0 Å². The van der Waals surface area contributed by atoms with Gasteiger partial charge in [-0.2, -0.15) is 0 Å². The van der Waals surface area contributed by atoms with Crippen molar-refractivity contribution >= 4 is 17.7 Å². The van der Waals surface area contributed by atoms with Crippen molar-refractivity contribution in [1.82, 2.24) is 15.2 Å². The van der Waals surface area contributed by atoms with Gasteiger partial charge in [0.1, 0.15) is 0 Å². The molecule has 1 aromatic carbocycles. The maximum Gasteiger partial charge on any atom is 0.407 e. The summed E-state index contributed by atoms with van der Waals surface area (Å²) in [7, 11) is 1.62. The van der Waals surface area contributed by atoms with Gasteiger partial charge in [0.05, 0.1) is 7.11 Å². The number of nitrogens with one attached hydrogen (secondary N) is 1. The zero-order chi connectivity index (χ0) is 29.7. The van der Waals surface area contributed by atoms with E-state index in [0.29, 0.717) is 24.4 Å². The van der Waals surface area contributed by atoms with Crippen molar-refractivity contribution in [3.05, 3.63) is 64.4 Å². The van der Waals surface area contributed by atoms with Crippen LogP contribution in [0, 0.1) is 6.92 Å². The largest absolute Gasteiger partial charge is 0.481 e. The van der Waals surface area contributed by atoms with Crippen molar-refractivity contribution in [2.45, 2.75) is 104 Å². The number of rotatable bonds is 5. The summed E-state index contributed by atoms with van der Waals surface area (Å²) in [5.41, 5.74) is 5.35. The standard InChI is InChI=1S/C33H46N4O4/c1-7-36(24-16-18-25(19-17-24)37(32(39)40)33(3,4)5)29-15-11-14-27-26(29)13-10-8-9-12-23-20-22(2)35-31(41-6)28(23)21-34-30(27)38/h8,10-11,14-15,20,24-25H,7,9,12-13,16-19,21H2,1-6H3,(H,34,38)(H,39,40)/b10-8+. The maximum atomic E-state index is 13.6. The molecular formula is C33H46N4O4. The molecule has 4 rings (SSSR count). The minimum absolute atomic E-state index is 0.0191. The second-order valence-electron chi connectivity index (χ2n) is 12.2. The third kappa shape index (κ3) is 6.85. The number of nitrogens with zero attached hydrogens (tertiary/aromatic N) is 3. The first-order valence-electron chi connectivity index (χ1n) is 14.9. The van der Waals surface area contributed by atoms with Crippen LogP contribution in [-0.2, 0) is 19.4 Å². The summed E-state index contributed by atoms with van der Waals surface area (Å²) in [5.74, 6) is 0.461. The lowest BCUT2D eigenvalue weighted by Gasteiger charge is -2.45. The zero-order valence-electron chi connectivity index (χ0n) is 25.5. The molecule has 8 heteroatoms. The molecule has 1 aromatic heterocycles. The molecular weight excluding hydrogens is 516 g/mol. The van der Waals surface area contributed by atoms with E-state index in [1.54, 1.807) is 12.0 Å². The van der Waals surface area contributed by atoms with Crippen LogP contribution in [0.5, 0.6) is 5.88 Å². The molecule has 2 amide bonds. The van der Waals surface area contributed by atoms with Crippen molar-refractivity contribution in [3.63, 3.8) is 0 Å². The molecule has 2 aromatic rings. The number of methoxy groups -OCH3 is 1. The van der Waals surface area contributed by atoms with Crippen LogP contribution in [0.25, 0.3) is 0 Å². The second-order valence-corrected chi connectivity index (χ2v) is 12.2. The van der Waals surface area contributed by atoms with Crippen LogP contribution < -0.4 is 15.0 Å². The lowest BCUT2D eigenvalue weighted by atomic mass is 9.86. The van der Waals surface area contributed by atoms with E-state index in [2.05, 4.69) is 46.4 Å². The quantitative estimate of drug-likeness (QED) is 0.416. The molecule has 2 aliphatic rings. The number of hydrogen-bond acceptors (Lipinski definition) is 5. The highest BCUT2D eigenvalue weighted by molar-refractivity contribution is 5.97. The maximum absolute atomic E-state index is 13.6. The Kier molecular flexibility index (Phi) is 9.61. The van der Waals surface area contributed by atoms with Gasteiger partial charge >= 0.3 is 6.09 Å². The van der Waals surface area contributed by atoms with Crippen LogP contribution in [0.4, 0.5) is 10.5 Å². The van der Waals surface area contributed by atoms with E-state index < -0.39 is 11.6 Å². The number of aromatic nitrogens is 1. The van der Waals surface area contributed by atoms with Gasteiger partial charge in [0, 0.05) is 53.2 Å². The van der Waals surface area contributed by atoms with Crippen LogP contribution in [0.2, 0.25) is 0 Å². The minimum atomic E-state index is -0.847. The van der Waals surface area contributed by atoms with Crippen LogP contribution in [-0.4, -0.2) is 58.3 Å². The Balaban J connectivity index is 1.60. The molecule has 1 aliphatic carbocycles. The fourth-order valence-electron chi connectivity index (χ4n) is 6.65. The Labute approximate surface area is 244 Å². The first-order chi connectivity index (χ1) is 19.5. The SMILES string of the molecule is CCN(c1cccc2c1C/C=C/CCc1cc(C)nc(OC)c1CNC2=O)C1CCC(N(C(=O)O)C(C)(C)C)CC1. The highest BCUT2D eigenvalue weighted by Gasteiger charge is 2.37. The zero-order valence-corrected chi connectivity index (χ0v) is 25.5. The number of aryl methyl sites for hydroxylation is 2. The topological polar surface area (TPSA) is 95.0 Å². The molecule has 0 radical (unpaired) electrons. The van der Waals surface area contributed by atoms with Gasteiger partial charge in [-0.15, -0.1) is 0 Å². The summed E-state index contributed by atoms with van der Waals surface area (Å²) in [6.07, 6.45) is 9.43. The van der Waals surface area contributed by atoms with Crippen molar-refractivity contribution in [2.75, 3.05) is 18.6 Å². The first-order valence-corrected chi connectivity index (χ1v) is 14.9. The van der Waals surface area contributed by atoms with Gasteiger partial charge in [-0.05, 0) is 109 Å². The molecule has 0 spiro atoms. The third-order valence-electron chi connectivity index (χ3n) is 8.44. The number of carboxylic acid groups (broad SMARTS) is 1. The minimum Gasteiger partial charge on any atom is -0.481 e. The number of allylic oxidation sites excluding steroid dienone is 2. The number of carbonyl (C=O) groups excluding carboxylic acids is 1. The molecule has 8 nitrogen and oxygen atoms in total. The van der Waals surface area contributed by atoms with Gasteiger partial charge in [-0.1, -0.05) is 18.2 Å². The molecule has 0 bridgehead atoms. The van der Waals surface area contributed by atoms with Crippen molar-refractivity contribution in [1.29, 1.82) is 0 Å². The summed E-state index contributed by atoms with van der Waals surface area (Å²) >= 11 is 0. The van der Waals surface area contributed by atoms with Crippen LogP contribution >= 0.6 is 0 Å². The average molecular weight is 563 g/mol. The molecule has 2 heterocycles. The monoisotopic (exact) mass is 562 g/mol. The summed E-state index contributed by atoms with van der Waals surface area (Å²) in [5, 5.41) is 13.1. The summed E-state index contributed by atoms with van der Waals surface area (Å²) in [6, 6.07) is 8.41. The summed E-state index contributed by atoms with van der Waals surface area (Å²) < 4.78 is 5.59. The van der Waals surface area contributed by atoms with Gasteiger partial charge in [-0.25, -0.2) is 9.78 Å². The van der Waals surface area contributed by atoms with Crippen LogP contribution in [0.3, 0.4) is 0 Å². The molecule has 0 unspecified atom stereocenters. The van der Waals surface area contributed by atoms with E-state index >= 15 is 0 Å². The number of hydrogen-bond donors (Lipinski definition) is 2. The first kappa shape index (κ1) is 30.4. The fourth-order valence-corrected chi connectivity index (χ4v) is 6.65. The Morgan fingerprint density at radius 2 is 1.83 bits per heavy atom. The molecule has 0 atom stereocenters. The van der Waals surface area contributed by atoms with Crippen LogP contribution in [0.15, 0.2) is 36.4 Å². The van der Waals surface area contributed by atoms with Crippen molar-refractivity contribution < 1.29 is 19.4 Å². The molecule has 2 N–H and O–H groups in total. The molecule has 1 saturated carbocycles. The Hall–Kier alpha value is -3.55. The Bertz CT molecular complexity index is 1270. The summed E-state index contributed by atoms with van der Waals surface area (Å²) in [6.45, 7) is 11.2. The number of amides is 2. The predicted octanol–water partition coefficient (Wildman–Crippen LogP) is 6.29. The number of pyridine rings is 1. The lowest BCUT2D eigenvalue weighted by molar-refractivity contribution is 0.0545. The van der Waals surface area contributed by atoms with E-state index in [1.165, 1.54) is 0 Å². The van der Waals surface area contributed by atoms with Gasteiger partial charge in [0.25, 0.3) is 5.91 Å². The summed E-state index contributed by atoms with van der Waals surface area (Å²) in [4.78, 5) is 34.3. The van der Waals surface area contributed by atoms with E-state index in [0.717, 1.165) is 73.1 Å². The van der Waals surface area contributed by atoms with E-state index in [1.807, 2.05) is 39.8 Å². The fraction of sp³-hybridized carbons (Fsp3) is 0.545. The highest BCUT2D eigenvalue weighted by Crippen LogP contribution is 2.35. The van der Waals surface area contributed by atoms with E-state index in [-0.39, 0.29) is 18.0 Å². The molecule has 41 heavy (non-hydrogen) atoms. The number of fused-ring (bicyclic) bond motifs is 2. The number of benzene rings is 1. The predicted molar refractivity (Wildman–Crippen MR) is 163 cm³/mol.